The summed E-state index contributed by atoms with van der Waals surface area (Å²) >= 11 is 3.32. The van der Waals surface area contributed by atoms with Crippen molar-refractivity contribution in [3.63, 3.8) is 0 Å². The van der Waals surface area contributed by atoms with Gasteiger partial charge in [0.15, 0.2) is 0 Å². The maximum absolute atomic E-state index is 12.4. The second kappa shape index (κ2) is 6.58. The minimum absolute atomic E-state index is 0.168. The van der Waals surface area contributed by atoms with Crippen LogP contribution in [0.15, 0.2) is 41.0 Å². The molecule has 0 saturated heterocycles. The van der Waals surface area contributed by atoms with Gasteiger partial charge in [-0.1, -0.05) is 24.3 Å². The van der Waals surface area contributed by atoms with Gasteiger partial charge < -0.3 is 4.57 Å². The van der Waals surface area contributed by atoms with Gasteiger partial charge in [-0.3, -0.25) is 20.4 Å². The van der Waals surface area contributed by atoms with E-state index in [4.69, 9.17) is 0 Å². The van der Waals surface area contributed by atoms with Crippen molar-refractivity contribution in [3.05, 3.63) is 57.8 Å². The Balaban J connectivity index is 1.66. The Labute approximate surface area is 143 Å². The molecule has 0 saturated carbocycles. The molecule has 1 atom stereocenters. The average molecular weight is 376 g/mol. The highest BCUT2D eigenvalue weighted by Gasteiger charge is 2.26. The first-order valence-corrected chi connectivity index (χ1v) is 8.35. The fourth-order valence-corrected chi connectivity index (χ4v) is 3.57. The number of halogens is 1. The summed E-state index contributed by atoms with van der Waals surface area (Å²) in [5, 5.41) is 0. The molecule has 0 fully saturated rings. The maximum Gasteiger partial charge on any atom is 0.286 e. The highest BCUT2D eigenvalue weighted by Crippen LogP contribution is 2.31. The van der Waals surface area contributed by atoms with Gasteiger partial charge >= 0.3 is 0 Å². The van der Waals surface area contributed by atoms with Gasteiger partial charge in [0.25, 0.3) is 5.91 Å². The Hall–Kier alpha value is -2.08. The van der Waals surface area contributed by atoms with Gasteiger partial charge in [0, 0.05) is 17.7 Å². The number of carbonyl (C=O) groups excluding carboxylic acids is 2. The van der Waals surface area contributed by atoms with Crippen molar-refractivity contribution in [2.24, 2.45) is 7.05 Å². The molecule has 23 heavy (non-hydrogen) atoms. The fourth-order valence-electron chi connectivity index (χ4n) is 3.05. The molecule has 120 valence electrons. The number of nitrogens with one attached hydrogen (secondary N) is 2. The number of nitrogens with zero attached hydrogens (tertiary/aromatic N) is 1. The van der Waals surface area contributed by atoms with Crippen LogP contribution >= 0.6 is 15.9 Å². The van der Waals surface area contributed by atoms with E-state index in [1.54, 1.807) is 23.9 Å². The minimum atomic E-state index is -0.337. The summed E-state index contributed by atoms with van der Waals surface area (Å²) in [7, 11) is 1.78. The molecule has 1 aromatic heterocycles. The molecule has 2 amide bonds. The van der Waals surface area contributed by atoms with Crippen LogP contribution in [0, 0.1) is 0 Å². The highest BCUT2D eigenvalue weighted by atomic mass is 79.9. The van der Waals surface area contributed by atoms with Crippen molar-refractivity contribution in [2.45, 2.75) is 25.2 Å². The average Bonchev–Trinajstić information content (AvgIpc) is 2.90. The number of hydrogen-bond acceptors (Lipinski definition) is 2. The summed E-state index contributed by atoms with van der Waals surface area (Å²) in [4.78, 5) is 24.6. The van der Waals surface area contributed by atoms with E-state index in [1.165, 1.54) is 5.56 Å². The minimum Gasteiger partial charge on any atom is -0.345 e. The van der Waals surface area contributed by atoms with Gasteiger partial charge in [-0.25, -0.2) is 0 Å². The van der Waals surface area contributed by atoms with Crippen LogP contribution in [0.25, 0.3) is 0 Å². The first kappa shape index (κ1) is 15.8. The molecule has 1 aromatic carbocycles. The van der Waals surface area contributed by atoms with E-state index in [9.17, 15) is 9.59 Å². The molecule has 0 radical (unpaired) electrons. The second-order valence-electron chi connectivity index (χ2n) is 5.74. The molecule has 3 rings (SSSR count). The predicted octanol–water partition coefficient (Wildman–Crippen LogP) is 2.67. The molecule has 1 heterocycles. The van der Waals surface area contributed by atoms with E-state index < -0.39 is 0 Å². The molecule has 0 bridgehead atoms. The molecule has 1 unspecified atom stereocenters. The number of aryl methyl sites for hydroxylation is 2. The van der Waals surface area contributed by atoms with Crippen LogP contribution in [0.4, 0.5) is 0 Å². The lowest BCUT2D eigenvalue weighted by Gasteiger charge is -2.24. The van der Waals surface area contributed by atoms with Gasteiger partial charge in [-0.15, -0.1) is 0 Å². The molecule has 2 N–H and O–H groups in total. The van der Waals surface area contributed by atoms with Gasteiger partial charge in [0.2, 0.25) is 5.91 Å². The summed E-state index contributed by atoms with van der Waals surface area (Å²) in [6, 6.07) is 9.71. The van der Waals surface area contributed by atoms with Crippen LogP contribution in [-0.4, -0.2) is 16.4 Å². The third kappa shape index (κ3) is 3.32. The third-order valence-electron chi connectivity index (χ3n) is 4.19. The first-order chi connectivity index (χ1) is 11.1. The van der Waals surface area contributed by atoms with Crippen molar-refractivity contribution < 1.29 is 9.59 Å². The van der Waals surface area contributed by atoms with Crippen LogP contribution in [0.5, 0.6) is 0 Å². The molecule has 0 aliphatic heterocycles. The van der Waals surface area contributed by atoms with Crippen molar-refractivity contribution >= 4 is 27.7 Å². The lowest BCUT2D eigenvalue weighted by atomic mass is 9.82. The first-order valence-electron chi connectivity index (χ1n) is 7.56. The Morgan fingerprint density at radius 2 is 2.04 bits per heavy atom. The number of rotatable bonds is 2. The molecule has 1 aliphatic rings. The SMILES string of the molecule is Cn1cc(Br)cc1C(=O)NNC(=O)C1CCCc2ccccc21. The molecular weight excluding hydrogens is 358 g/mol. The largest absolute Gasteiger partial charge is 0.345 e. The number of hydrazine groups is 1. The quantitative estimate of drug-likeness (QED) is 0.792. The zero-order valence-electron chi connectivity index (χ0n) is 12.8. The summed E-state index contributed by atoms with van der Waals surface area (Å²) in [6.45, 7) is 0. The summed E-state index contributed by atoms with van der Waals surface area (Å²) < 4.78 is 2.51. The topological polar surface area (TPSA) is 63.1 Å². The van der Waals surface area contributed by atoms with Gasteiger partial charge in [-0.05, 0) is 52.4 Å². The molecule has 0 spiro atoms. The molecular formula is C17H18BrN3O2. The van der Waals surface area contributed by atoms with E-state index in [-0.39, 0.29) is 17.7 Å². The predicted molar refractivity (Wildman–Crippen MR) is 90.8 cm³/mol. The Bertz CT molecular complexity index is 754. The number of hydrogen-bond donors (Lipinski definition) is 2. The molecule has 2 aromatic rings. The zero-order chi connectivity index (χ0) is 16.4. The molecule has 6 heteroatoms. The standard InChI is InChI=1S/C17H18BrN3O2/c1-21-10-12(18)9-15(21)17(23)20-19-16(22)14-8-4-6-11-5-2-3-7-13(11)14/h2-3,5,7,9-10,14H,4,6,8H2,1H3,(H,19,22)(H,20,23). The number of fused-ring (bicyclic) bond motifs is 1. The fraction of sp³-hybridized carbons (Fsp3) is 0.294. The van der Waals surface area contributed by atoms with Crippen LogP contribution in [0.1, 0.15) is 40.4 Å². The van der Waals surface area contributed by atoms with E-state index in [0.29, 0.717) is 5.69 Å². The highest BCUT2D eigenvalue weighted by molar-refractivity contribution is 9.10. The van der Waals surface area contributed by atoms with Gasteiger partial charge in [0.1, 0.15) is 5.69 Å². The Morgan fingerprint density at radius 1 is 1.26 bits per heavy atom. The Morgan fingerprint density at radius 3 is 2.78 bits per heavy atom. The van der Waals surface area contributed by atoms with Gasteiger partial charge in [0.05, 0.1) is 5.92 Å². The number of benzene rings is 1. The van der Waals surface area contributed by atoms with E-state index in [1.807, 2.05) is 18.2 Å². The van der Waals surface area contributed by atoms with Crippen molar-refractivity contribution in [1.82, 2.24) is 15.4 Å². The lowest BCUT2D eigenvalue weighted by molar-refractivity contribution is -0.123. The van der Waals surface area contributed by atoms with E-state index in [2.05, 4.69) is 32.8 Å². The van der Waals surface area contributed by atoms with Gasteiger partial charge in [-0.2, -0.15) is 0 Å². The maximum atomic E-state index is 12.4. The number of aromatic nitrogens is 1. The van der Waals surface area contributed by atoms with Crippen molar-refractivity contribution in [1.29, 1.82) is 0 Å². The number of carbonyl (C=O) groups is 2. The monoisotopic (exact) mass is 375 g/mol. The number of amides is 2. The zero-order valence-corrected chi connectivity index (χ0v) is 14.4. The Kier molecular flexibility index (Phi) is 4.52. The summed E-state index contributed by atoms with van der Waals surface area (Å²) in [5.74, 6) is -0.713. The summed E-state index contributed by atoms with van der Waals surface area (Å²) in [5.41, 5.74) is 7.82. The lowest BCUT2D eigenvalue weighted by Crippen LogP contribution is -2.44. The van der Waals surface area contributed by atoms with Crippen LogP contribution < -0.4 is 10.9 Å². The molecule has 5 nitrogen and oxygen atoms in total. The second-order valence-corrected chi connectivity index (χ2v) is 6.66. The van der Waals surface area contributed by atoms with E-state index >= 15 is 0 Å². The summed E-state index contributed by atoms with van der Waals surface area (Å²) in [6.07, 6.45) is 4.57. The normalized spacial score (nSPS) is 16.5. The van der Waals surface area contributed by atoms with Crippen LogP contribution in [0.2, 0.25) is 0 Å². The van der Waals surface area contributed by atoms with Crippen molar-refractivity contribution in [2.75, 3.05) is 0 Å². The van der Waals surface area contributed by atoms with Crippen LogP contribution in [-0.2, 0) is 18.3 Å². The van der Waals surface area contributed by atoms with Crippen LogP contribution in [0.3, 0.4) is 0 Å². The smallest absolute Gasteiger partial charge is 0.286 e. The van der Waals surface area contributed by atoms with E-state index in [0.717, 1.165) is 29.3 Å². The van der Waals surface area contributed by atoms with Crippen molar-refractivity contribution in [3.8, 4) is 0 Å². The molecule has 1 aliphatic carbocycles. The third-order valence-corrected chi connectivity index (χ3v) is 4.62.